The van der Waals surface area contributed by atoms with Crippen molar-refractivity contribution in [2.45, 2.75) is 0 Å². The van der Waals surface area contributed by atoms with Gasteiger partial charge in [0.15, 0.2) is 5.69 Å². The minimum Gasteiger partial charge on any atom is -0.464 e. The Kier molecular flexibility index (Phi) is 3.86. The first-order chi connectivity index (χ1) is 12.2. The number of pyridine rings is 1. The Morgan fingerprint density at radius 1 is 0.960 bits per heavy atom. The zero-order valence-corrected chi connectivity index (χ0v) is 14.2. The van der Waals surface area contributed by atoms with Gasteiger partial charge in [-0.15, -0.1) is 0 Å². The molecule has 0 fully saturated rings. The number of aromatic nitrogens is 1. The monoisotopic (exact) mass is 347 g/mol. The molecule has 3 aromatic carbocycles. The second-order valence-corrected chi connectivity index (χ2v) is 6.07. The second kappa shape index (κ2) is 6.19. The van der Waals surface area contributed by atoms with Crippen LogP contribution in [0, 0.1) is 0 Å². The van der Waals surface area contributed by atoms with E-state index in [-0.39, 0.29) is 5.69 Å². The van der Waals surface area contributed by atoms with Crippen molar-refractivity contribution in [2.24, 2.45) is 0 Å². The summed E-state index contributed by atoms with van der Waals surface area (Å²) in [4.78, 5) is 16.6. The number of esters is 1. The highest BCUT2D eigenvalue weighted by Crippen LogP contribution is 2.39. The summed E-state index contributed by atoms with van der Waals surface area (Å²) in [5, 5.41) is 3.38. The standard InChI is InChI=1S/C21H14ClNO2/c1-25-21(24)20-19(22)17(14-8-3-2-4-9-14)18-15-10-6-5-7-13(15)11-12-16(18)23-20/h2-12H,1H3. The first-order valence-corrected chi connectivity index (χ1v) is 8.23. The molecule has 1 aromatic heterocycles. The first-order valence-electron chi connectivity index (χ1n) is 7.85. The van der Waals surface area contributed by atoms with Gasteiger partial charge in [-0.05, 0) is 22.4 Å². The van der Waals surface area contributed by atoms with E-state index in [0.29, 0.717) is 10.5 Å². The van der Waals surface area contributed by atoms with Crippen molar-refractivity contribution < 1.29 is 9.53 Å². The van der Waals surface area contributed by atoms with Crippen molar-refractivity contribution in [3.05, 3.63) is 77.4 Å². The molecule has 0 saturated heterocycles. The highest BCUT2D eigenvalue weighted by molar-refractivity contribution is 6.38. The molecular formula is C21H14ClNO2. The fourth-order valence-corrected chi connectivity index (χ4v) is 3.44. The lowest BCUT2D eigenvalue weighted by Crippen LogP contribution is -2.07. The topological polar surface area (TPSA) is 39.2 Å². The van der Waals surface area contributed by atoms with E-state index in [4.69, 9.17) is 16.3 Å². The van der Waals surface area contributed by atoms with Crippen molar-refractivity contribution >= 4 is 39.2 Å². The second-order valence-electron chi connectivity index (χ2n) is 5.69. The minimum absolute atomic E-state index is 0.130. The SMILES string of the molecule is COC(=O)c1nc2ccc3ccccc3c2c(-c2ccccc2)c1Cl. The van der Waals surface area contributed by atoms with Crippen molar-refractivity contribution in [3.63, 3.8) is 0 Å². The predicted molar refractivity (Wildman–Crippen MR) is 101 cm³/mol. The Labute approximate surface area is 149 Å². The van der Waals surface area contributed by atoms with Crippen molar-refractivity contribution in [1.82, 2.24) is 4.98 Å². The van der Waals surface area contributed by atoms with Gasteiger partial charge in [-0.3, -0.25) is 0 Å². The maximum Gasteiger partial charge on any atom is 0.358 e. The van der Waals surface area contributed by atoms with E-state index < -0.39 is 5.97 Å². The molecule has 4 aromatic rings. The number of hydrogen-bond acceptors (Lipinski definition) is 3. The van der Waals surface area contributed by atoms with Gasteiger partial charge in [-0.1, -0.05) is 72.3 Å². The van der Waals surface area contributed by atoms with Crippen LogP contribution in [0.3, 0.4) is 0 Å². The van der Waals surface area contributed by atoms with Gasteiger partial charge in [0.1, 0.15) is 0 Å². The Morgan fingerprint density at radius 2 is 1.68 bits per heavy atom. The number of benzene rings is 3. The van der Waals surface area contributed by atoms with E-state index >= 15 is 0 Å². The summed E-state index contributed by atoms with van der Waals surface area (Å²) in [6.07, 6.45) is 0. The summed E-state index contributed by atoms with van der Waals surface area (Å²) in [6, 6.07) is 21.8. The summed E-state index contributed by atoms with van der Waals surface area (Å²) in [6.45, 7) is 0. The molecule has 0 amide bonds. The van der Waals surface area contributed by atoms with Gasteiger partial charge in [-0.25, -0.2) is 9.78 Å². The summed E-state index contributed by atoms with van der Waals surface area (Å²) in [7, 11) is 1.33. The highest BCUT2D eigenvalue weighted by atomic mass is 35.5. The molecule has 1 heterocycles. The summed E-state index contributed by atoms with van der Waals surface area (Å²) in [5.41, 5.74) is 2.57. The first kappa shape index (κ1) is 15.6. The molecule has 3 nitrogen and oxygen atoms in total. The Hall–Kier alpha value is -2.91. The van der Waals surface area contributed by atoms with Crippen LogP contribution in [0.2, 0.25) is 5.02 Å². The molecule has 0 unspecified atom stereocenters. The maximum absolute atomic E-state index is 12.2. The minimum atomic E-state index is -0.544. The third-order valence-corrected chi connectivity index (χ3v) is 4.63. The number of nitrogens with zero attached hydrogens (tertiary/aromatic N) is 1. The molecule has 0 N–H and O–H groups in total. The van der Waals surface area contributed by atoms with E-state index in [1.165, 1.54) is 7.11 Å². The van der Waals surface area contributed by atoms with Gasteiger partial charge < -0.3 is 4.74 Å². The number of hydrogen-bond donors (Lipinski definition) is 0. The maximum atomic E-state index is 12.2. The van der Waals surface area contributed by atoms with Gasteiger partial charge in [0.05, 0.1) is 17.6 Å². The van der Waals surface area contributed by atoms with Gasteiger partial charge in [0.25, 0.3) is 0 Å². The quantitative estimate of drug-likeness (QED) is 0.355. The Morgan fingerprint density at radius 3 is 2.44 bits per heavy atom. The van der Waals surface area contributed by atoms with Crippen LogP contribution < -0.4 is 0 Å². The lowest BCUT2D eigenvalue weighted by Gasteiger charge is -2.14. The molecule has 25 heavy (non-hydrogen) atoms. The highest BCUT2D eigenvalue weighted by Gasteiger charge is 2.21. The molecule has 0 aliphatic rings. The number of halogens is 1. The van der Waals surface area contributed by atoms with Crippen molar-refractivity contribution in [2.75, 3.05) is 7.11 Å². The van der Waals surface area contributed by atoms with Crippen LogP contribution in [0.4, 0.5) is 0 Å². The number of methoxy groups -OCH3 is 1. The summed E-state index contributed by atoms with van der Waals surface area (Å²) < 4.78 is 4.86. The third-order valence-electron chi connectivity index (χ3n) is 4.26. The Bertz CT molecular complexity index is 1110. The summed E-state index contributed by atoms with van der Waals surface area (Å²) >= 11 is 6.63. The van der Waals surface area contributed by atoms with Crippen LogP contribution in [-0.4, -0.2) is 18.1 Å². The zero-order valence-electron chi connectivity index (χ0n) is 13.5. The lowest BCUT2D eigenvalue weighted by molar-refractivity contribution is 0.0595. The van der Waals surface area contributed by atoms with Gasteiger partial charge in [0.2, 0.25) is 0 Å². The normalized spacial score (nSPS) is 11.0. The number of fused-ring (bicyclic) bond motifs is 3. The molecule has 4 heteroatoms. The van der Waals surface area contributed by atoms with E-state index in [9.17, 15) is 4.79 Å². The molecule has 122 valence electrons. The van der Waals surface area contributed by atoms with Crippen LogP contribution in [-0.2, 0) is 4.74 Å². The van der Waals surface area contributed by atoms with Crippen molar-refractivity contribution in [1.29, 1.82) is 0 Å². The van der Waals surface area contributed by atoms with E-state index in [1.54, 1.807) is 0 Å². The van der Waals surface area contributed by atoms with E-state index in [1.807, 2.05) is 66.7 Å². The molecular weight excluding hydrogens is 334 g/mol. The average molecular weight is 348 g/mol. The molecule has 4 rings (SSSR count). The summed E-state index contributed by atoms with van der Waals surface area (Å²) in [5.74, 6) is -0.544. The van der Waals surface area contributed by atoms with Crippen LogP contribution >= 0.6 is 11.6 Å². The molecule has 0 saturated carbocycles. The average Bonchev–Trinajstić information content (AvgIpc) is 2.67. The fourth-order valence-electron chi connectivity index (χ4n) is 3.12. The number of ether oxygens (including phenoxy) is 1. The molecule has 0 bridgehead atoms. The Balaban J connectivity index is 2.22. The third kappa shape index (κ3) is 2.53. The van der Waals surface area contributed by atoms with Gasteiger partial charge in [-0.2, -0.15) is 0 Å². The predicted octanol–water partition coefficient (Wildman–Crippen LogP) is 5.50. The largest absolute Gasteiger partial charge is 0.464 e. The number of carbonyl (C=O) groups excluding carboxylic acids is 1. The van der Waals surface area contributed by atoms with E-state index in [0.717, 1.165) is 27.3 Å². The zero-order chi connectivity index (χ0) is 17.4. The number of carbonyl (C=O) groups is 1. The molecule has 0 atom stereocenters. The van der Waals surface area contributed by atoms with Crippen LogP contribution in [0.5, 0.6) is 0 Å². The lowest BCUT2D eigenvalue weighted by atomic mass is 9.95. The van der Waals surface area contributed by atoms with Crippen molar-refractivity contribution in [3.8, 4) is 11.1 Å². The van der Waals surface area contributed by atoms with Crippen LogP contribution in [0.15, 0.2) is 66.7 Å². The molecule has 0 radical (unpaired) electrons. The van der Waals surface area contributed by atoms with E-state index in [2.05, 4.69) is 4.98 Å². The van der Waals surface area contributed by atoms with Crippen LogP contribution in [0.25, 0.3) is 32.8 Å². The van der Waals surface area contributed by atoms with Crippen LogP contribution in [0.1, 0.15) is 10.5 Å². The smallest absolute Gasteiger partial charge is 0.358 e. The molecule has 0 aliphatic carbocycles. The molecule has 0 spiro atoms. The van der Waals surface area contributed by atoms with Gasteiger partial charge >= 0.3 is 5.97 Å². The fraction of sp³-hybridized carbons (Fsp3) is 0.0476. The van der Waals surface area contributed by atoms with Gasteiger partial charge in [0, 0.05) is 10.9 Å². The number of rotatable bonds is 2. The molecule has 0 aliphatic heterocycles.